The summed E-state index contributed by atoms with van der Waals surface area (Å²) < 4.78 is 0. The van der Waals surface area contributed by atoms with E-state index >= 15 is 0 Å². The lowest BCUT2D eigenvalue weighted by Crippen LogP contribution is -2.29. The van der Waals surface area contributed by atoms with Crippen LogP contribution in [0.2, 0.25) is 0 Å². The molecule has 0 bridgehead atoms. The van der Waals surface area contributed by atoms with Crippen molar-refractivity contribution in [2.24, 2.45) is 5.41 Å². The predicted molar refractivity (Wildman–Crippen MR) is 91.8 cm³/mol. The molecule has 1 unspecified atom stereocenters. The highest BCUT2D eigenvalue weighted by Gasteiger charge is 2.29. The van der Waals surface area contributed by atoms with Gasteiger partial charge in [0.05, 0.1) is 0 Å². The summed E-state index contributed by atoms with van der Waals surface area (Å²) in [6, 6.07) is 7.43. The first-order valence-electron chi connectivity index (χ1n) is 8.43. The van der Waals surface area contributed by atoms with Crippen molar-refractivity contribution in [1.82, 2.24) is 10.2 Å². The molecule has 2 nitrogen and oxygen atoms in total. The predicted octanol–water partition coefficient (Wildman–Crippen LogP) is 4.08. The normalized spacial score (nSPS) is 19.9. The molecule has 0 spiro atoms. The number of nitrogens with zero attached hydrogens (tertiary/aromatic N) is 1. The van der Waals surface area contributed by atoms with Gasteiger partial charge in [-0.25, -0.2) is 0 Å². The lowest BCUT2D eigenvalue weighted by atomic mass is 9.93. The lowest BCUT2D eigenvalue weighted by molar-refractivity contribution is 0.274. The molecule has 2 rings (SSSR count). The zero-order chi connectivity index (χ0) is 15.5. The first-order valence-corrected chi connectivity index (χ1v) is 8.43. The van der Waals surface area contributed by atoms with Crippen molar-refractivity contribution in [1.29, 1.82) is 0 Å². The zero-order valence-electron chi connectivity index (χ0n) is 14.5. The first-order chi connectivity index (χ1) is 9.89. The molecule has 2 heteroatoms. The Morgan fingerprint density at radius 3 is 2.38 bits per heavy atom. The van der Waals surface area contributed by atoms with E-state index in [1.54, 1.807) is 0 Å². The van der Waals surface area contributed by atoms with Crippen LogP contribution < -0.4 is 5.32 Å². The van der Waals surface area contributed by atoms with E-state index in [9.17, 15) is 0 Å². The number of nitrogens with one attached hydrogen (secondary N) is 1. The Labute approximate surface area is 130 Å². The van der Waals surface area contributed by atoms with Crippen molar-refractivity contribution in [2.75, 3.05) is 26.2 Å². The van der Waals surface area contributed by atoms with Crippen molar-refractivity contribution in [3.05, 3.63) is 34.9 Å². The van der Waals surface area contributed by atoms with E-state index in [0.717, 1.165) is 6.54 Å². The van der Waals surface area contributed by atoms with Crippen LogP contribution in [-0.4, -0.2) is 31.1 Å². The van der Waals surface area contributed by atoms with Crippen molar-refractivity contribution in [3.63, 3.8) is 0 Å². The summed E-state index contributed by atoms with van der Waals surface area (Å²) in [5.41, 5.74) is 4.70. The van der Waals surface area contributed by atoms with E-state index in [1.165, 1.54) is 49.2 Å². The Morgan fingerprint density at radius 1 is 1.19 bits per heavy atom. The maximum Gasteiger partial charge on any atom is 0.0332 e. The smallest absolute Gasteiger partial charge is 0.0332 e. The Morgan fingerprint density at radius 2 is 1.86 bits per heavy atom. The monoisotopic (exact) mass is 288 g/mol. The van der Waals surface area contributed by atoms with Crippen LogP contribution in [-0.2, 0) is 0 Å². The Bertz CT molecular complexity index is 444. The highest BCUT2D eigenvalue weighted by Crippen LogP contribution is 2.29. The van der Waals surface area contributed by atoms with Crippen molar-refractivity contribution < 1.29 is 0 Å². The van der Waals surface area contributed by atoms with Crippen LogP contribution in [0.15, 0.2) is 18.2 Å². The van der Waals surface area contributed by atoms with E-state index in [0.29, 0.717) is 11.5 Å². The molecule has 1 N–H and O–H groups in total. The van der Waals surface area contributed by atoms with E-state index < -0.39 is 0 Å². The largest absolute Gasteiger partial charge is 0.310 e. The summed E-state index contributed by atoms with van der Waals surface area (Å²) in [7, 11) is 0. The van der Waals surface area contributed by atoms with Crippen LogP contribution in [0, 0.1) is 19.3 Å². The molecular weight excluding hydrogens is 256 g/mol. The summed E-state index contributed by atoms with van der Waals surface area (Å²) in [5, 5.41) is 3.67. The van der Waals surface area contributed by atoms with Gasteiger partial charge in [0.1, 0.15) is 0 Å². The Hall–Kier alpha value is -0.860. The number of benzene rings is 1. The van der Waals surface area contributed by atoms with Gasteiger partial charge in [0.25, 0.3) is 0 Å². The van der Waals surface area contributed by atoms with Gasteiger partial charge in [0, 0.05) is 12.6 Å². The Balaban J connectivity index is 1.99. The average molecular weight is 288 g/mol. The number of aryl methyl sites for hydroxylation is 2. The van der Waals surface area contributed by atoms with Crippen LogP contribution in [0.5, 0.6) is 0 Å². The highest BCUT2D eigenvalue weighted by molar-refractivity contribution is 5.30. The molecule has 21 heavy (non-hydrogen) atoms. The molecule has 1 aliphatic heterocycles. The van der Waals surface area contributed by atoms with Crippen LogP contribution >= 0.6 is 0 Å². The van der Waals surface area contributed by atoms with Gasteiger partial charge in [-0.15, -0.1) is 0 Å². The molecule has 0 aromatic heterocycles. The number of likely N-dealkylation sites (tertiary alicyclic amines) is 1. The summed E-state index contributed by atoms with van der Waals surface area (Å²) >= 11 is 0. The number of hydrogen-bond acceptors (Lipinski definition) is 2. The second kappa shape index (κ2) is 6.93. The minimum absolute atomic E-state index is 0.484. The van der Waals surface area contributed by atoms with Gasteiger partial charge in [-0.05, 0) is 57.3 Å². The summed E-state index contributed by atoms with van der Waals surface area (Å²) in [6.07, 6.45) is 2.54. The molecule has 1 heterocycles. The molecular formula is C19H32N2. The molecule has 1 aromatic rings. The number of rotatable bonds is 6. The van der Waals surface area contributed by atoms with Gasteiger partial charge in [0.2, 0.25) is 0 Å². The zero-order valence-corrected chi connectivity index (χ0v) is 14.5. The molecule has 118 valence electrons. The van der Waals surface area contributed by atoms with Gasteiger partial charge in [0.15, 0.2) is 0 Å². The maximum absolute atomic E-state index is 3.67. The SMILES string of the molecule is CCNC(CCN1CCC(C)(C)C1)c1cc(C)cc(C)c1. The minimum Gasteiger partial charge on any atom is -0.310 e. The van der Waals surface area contributed by atoms with Gasteiger partial charge < -0.3 is 10.2 Å². The van der Waals surface area contributed by atoms with Crippen LogP contribution in [0.1, 0.15) is 56.3 Å². The lowest BCUT2D eigenvalue weighted by Gasteiger charge is -2.24. The van der Waals surface area contributed by atoms with Crippen LogP contribution in [0.4, 0.5) is 0 Å². The fourth-order valence-electron chi connectivity index (χ4n) is 3.57. The van der Waals surface area contributed by atoms with Gasteiger partial charge >= 0.3 is 0 Å². The third-order valence-corrected chi connectivity index (χ3v) is 4.59. The van der Waals surface area contributed by atoms with E-state index in [4.69, 9.17) is 0 Å². The molecule has 1 fully saturated rings. The Kier molecular flexibility index (Phi) is 5.45. The molecule has 1 aromatic carbocycles. The average Bonchev–Trinajstić information content (AvgIpc) is 2.73. The molecule has 1 saturated heterocycles. The van der Waals surface area contributed by atoms with Crippen molar-refractivity contribution in [2.45, 2.75) is 53.5 Å². The van der Waals surface area contributed by atoms with Gasteiger partial charge in [-0.1, -0.05) is 50.1 Å². The molecule has 0 saturated carbocycles. The van der Waals surface area contributed by atoms with Crippen molar-refractivity contribution >= 4 is 0 Å². The summed E-state index contributed by atoms with van der Waals surface area (Å²) in [5.74, 6) is 0. The number of hydrogen-bond donors (Lipinski definition) is 1. The fourth-order valence-corrected chi connectivity index (χ4v) is 3.57. The standard InChI is InChI=1S/C19H32N2/c1-6-20-18(17-12-15(2)11-16(3)13-17)7-9-21-10-8-19(4,5)14-21/h11-13,18,20H,6-10,14H2,1-5H3. The van der Waals surface area contributed by atoms with Crippen LogP contribution in [0.25, 0.3) is 0 Å². The van der Waals surface area contributed by atoms with E-state index in [-0.39, 0.29) is 0 Å². The van der Waals surface area contributed by atoms with Crippen molar-refractivity contribution in [3.8, 4) is 0 Å². The third kappa shape index (κ3) is 4.82. The van der Waals surface area contributed by atoms with Gasteiger partial charge in [-0.2, -0.15) is 0 Å². The quantitative estimate of drug-likeness (QED) is 0.848. The molecule has 1 atom stereocenters. The van der Waals surface area contributed by atoms with E-state index in [1.807, 2.05) is 0 Å². The molecule has 0 radical (unpaired) electrons. The maximum atomic E-state index is 3.67. The van der Waals surface area contributed by atoms with Crippen LogP contribution in [0.3, 0.4) is 0 Å². The summed E-state index contributed by atoms with van der Waals surface area (Å²) in [4.78, 5) is 2.63. The molecule has 0 aliphatic carbocycles. The molecule has 0 amide bonds. The second-order valence-corrected chi connectivity index (χ2v) is 7.51. The second-order valence-electron chi connectivity index (χ2n) is 7.51. The minimum atomic E-state index is 0.484. The molecule has 1 aliphatic rings. The van der Waals surface area contributed by atoms with E-state index in [2.05, 4.69) is 63.0 Å². The van der Waals surface area contributed by atoms with Gasteiger partial charge in [-0.3, -0.25) is 0 Å². The summed E-state index contributed by atoms with van der Waals surface area (Å²) in [6.45, 7) is 16.1. The first kappa shape index (κ1) is 16.5. The third-order valence-electron chi connectivity index (χ3n) is 4.59. The highest BCUT2D eigenvalue weighted by atomic mass is 15.2. The fraction of sp³-hybridized carbons (Fsp3) is 0.684. The topological polar surface area (TPSA) is 15.3 Å².